The molecule has 0 saturated carbocycles. The Hall–Kier alpha value is -2.39. The maximum Gasteiger partial charge on any atom is 0.101 e. The Morgan fingerprint density at radius 1 is 0.960 bits per heavy atom. The van der Waals surface area contributed by atoms with Crippen molar-refractivity contribution in [3.63, 3.8) is 0 Å². The maximum atomic E-state index is 6.38. The standard InChI is InChI=1S/C22H26N2O/c1-16-5-7-20(18(3)11-16)14-25-22(13-24-10-9-23-15-24)21-8-6-17(2)12-19(21)4/h5-12,15,22H,13-14H2,1-4H3. The summed E-state index contributed by atoms with van der Waals surface area (Å²) < 4.78 is 8.46. The smallest absolute Gasteiger partial charge is 0.101 e. The number of benzene rings is 2. The first-order chi connectivity index (χ1) is 12.0. The molecule has 1 aromatic heterocycles. The highest BCUT2D eigenvalue weighted by Gasteiger charge is 2.16. The van der Waals surface area contributed by atoms with Crippen LogP contribution in [-0.2, 0) is 17.9 Å². The van der Waals surface area contributed by atoms with E-state index in [1.807, 2.05) is 18.7 Å². The lowest BCUT2D eigenvalue weighted by Gasteiger charge is -2.22. The molecule has 2 aromatic carbocycles. The minimum absolute atomic E-state index is 0.00416. The van der Waals surface area contributed by atoms with Crippen LogP contribution in [0.5, 0.6) is 0 Å². The lowest BCUT2D eigenvalue weighted by Crippen LogP contribution is -2.13. The topological polar surface area (TPSA) is 27.1 Å². The average Bonchev–Trinajstić information content (AvgIpc) is 3.06. The lowest BCUT2D eigenvalue weighted by atomic mass is 10.0. The zero-order valence-corrected chi connectivity index (χ0v) is 15.5. The summed E-state index contributed by atoms with van der Waals surface area (Å²) in [6.07, 6.45) is 5.63. The molecule has 0 radical (unpaired) electrons. The minimum atomic E-state index is -0.00416. The summed E-state index contributed by atoms with van der Waals surface area (Å²) >= 11 is 0. The molecule has 3 aromatic rings. The number of rotatable bonds is 6. The van der Waals surface area contributed by atoms with Crippen LogP contribution in [0.25, 0.3) is 0 Å². The number of hydrogen-bond acceptors (Lipinski definition) is 2. The van der Waals surface area contributed by atoms with Gasteiger partial charge in [-0.3, -0.25) is 0 Å². The van der Waals surface area contributed by atoms with Crippen LogP contribution < -0.4 is 0 Å². The molecule has 0 aliphatic heterocycles. The first-order valence-corrected chi connectivity index (χ1v) is 8.73. The summed E-state index contributed by atoms with van der Waals surface area (Å²) in [5, 5.41) is 0. The second-order valence-corrected chi connectivity index (χ2v) is 6.85. The fourth-order valence-electron chi connectivity index (χ4n) is 3.21. The van der Waals surface area contributed by atoms with Crippen LogP contribution in [0.2, 0.25) is 0 Å². The summed E-state index contributed by atoms with van der Waals surface area (Å²) in [5.41, 5.74) is 7.59. The monoisotopic (exact) mass is 334 g/mol. The Kier molecular flexibility index (Phi) is 5.34. The third-order valence-electron chi connectivity index (χ3n) is 4.65. The van der Waals surface area contributed by atoms with Crippen molar-refractivity contribution in [1.82, 2.24) is 9.55 Å². The van der Waals surface area contributed by atoms with E-state index in [9.17, 15) is 0 Å². The fraction of sp³-hybridized carbons (Fsp3) is 0.318. The summed E-state index contributed by atoms with van der Waals surface area (Å²) in [6.45, 7) is 9.92. The average molecular weight is 334 g/mol. The number of imidazole rings is 1. The number of aromatic nitrogens is 2. The van der Waals surface area contributed by atoms with Gasteiger partial charge in [-0.05, 0) is 49.9 Å². The predicted molar refractivity (Wildman–Crippen MR) is 102 cm³/mol. The molecule has 1 atom stereocenters. The number of hydrogen-bond donors (Lipinski definition) is 0. The van der Waals surface area contributed by atoms with E-state index in [1.165, 1.54) is 33.4 Å². The van der Waals surface area contributed by atoms with Crippen molar-refractivity contribution in [3.05, 3.63) is 88.5 Å². The van der Waals surface area contributed by atoms with Crippen LogP contribution in [0.15, 0.2) is 55.1 Å². The highest BCUT2D eigenvalue weighted by Crippen LogP contribution is 2.26. The van der Waals surface area contributed by atoms with Crippen LogP contribution in [0, 0.1) is 27.7 Å². The first-order valence-electron chi connectivity index (χ1n) is 8.73. The van der Waals surface area contributed by atoms with Gasteiger partial charge in [-0.25, -0.2) is 4.98 Å². The second-order valence-electron chi connectivity index (χ2n) is 6.85. The molecule has 3 nitrogen and oxygen atoms in total. The third kappa shape index (κ3) is 4.37. The molecule has 0 bridgehead atoms. The van der Waals surface area contributed by atoms with Gasteiger partial charge < -0.3 is 9.30 Å². The summed E-state index contributed by atoms with van der Waals surface area (Å²) in [5.74, 6) is 0. The molecular weight excluding hydrogens is 308 g/mol. The lowest BCUT2D eigenvalue weighted by molar-refractivity contribution is 0.0273. The van der Waals surface area contributed by atoms with Crippen LogP contribution in [-0.4, -0.2) is 9.55 Å². The van der Waals surface area contributed by atoms with Crippen molar-refractivity contribution >= 4 is 0 Å². The highest BCUT2D eigenvalue weighted by molar-refractivity contribution is 5.33. The van der Waals surface area contributed by atoms with Crippen LogP contribution in [0.3, 0.4) is 0 Å². The quantitative estimate of drug-likeness (QED) is 0.629. The van der Waals surface area contributed by atoms with Gasteiger partial charge in [-0.1, -0.05) is 47.5 Å². The molecule has 130 valence electrons. The Morgan fingerprint density at radius 2 is 1.68 bits per heavy atom. The number of ether oxygens (including phenoxy) is 1. The molecule has 0 aliphatic carbocycles. The van der Waals surface area contributed by atoms with E-state index >= 15 is 0 Å². The molecule has 0 amide bonds. The largest absolute Gasteiger partial charge is 0.367 e. The van der Waals surface area contributed by atoms with E-state index < -0.39 is 0 Å². The number of aryl methyl sites for hydroxylation is 4. The molecule has 25 heavy (non-hydrogen) atoms. The van der Waals surface area contributed by atoms with Crippen molar-refractivity contribution in [2.24, 2.45) is 0 Å². The Balaban J connectivity index is 1.83. The van der Waals surface area contributed by atoms with Crippen molar-refractivity contribution < 1.29 is 4.74 Å². The Bertz CT molecular complexity index is 837. The molecule has 0 spiro atoms. The summed E-state index contributed by atoms with van der Waals surface area (Å²) in [4.78, 5) is 4.15. The molecule has 1 unspecified atom stereocenters. The van der Waals surface area contributed by atoms with Gasteiger partial charge in [0.15, 0.2) is 0 Å². The summed E-state index contributed by atoms with van der Waals surface area (Å²) in [6, 6.07) is 13.1. The van der Waals surface area contributed by atoms with Crippen LogP contribution >= 0.6 is 0 Å². The summed E-state index contributed by atoms with van der Waals surface area (Å²) in [7, 11) is 0. The zero-order valence-electron chi connectivity index (χ0n) is 15.5. The van der Waals surface area contributed by atoms with Crippen LogP contribution in [0.4, 0.5) is 0 Å². The van der Waals surface area contributed by atoms with Gasteiger partial charge >= 0.3 is 0 Å². The Labute approximate surface area is 150 Å². The molecule has 3 heteroatoms. The van der Waals surface area contributed by atoms with Crippen molar-refractivity contribution in [2.75, 3.05) is 0 Å². The van der Waals surface area contributed by atoms with Gasteiger partial charge in [0, 0.05) is 12.4 Å². The fourth-order valence-corrected chi connectivity index (χ4v) is 3.21. The molecule has 0 N–H and O–H groups in total. The molecule has 3 rings (SSSR count). The van der Waals surface area contributed by atoms with Gasteiger partial charge in [-0.2, -0.15) is 0 Å². The molecular formula is C22H26N2O. The SMILES string of the molecule is Cc1ccc(COC(Cn2ccnc2)c2ccc(C)cc2C)c(C)c1. The van der Waals surface area contributed by atoms with Gasteiger partial charge in [-0.15, -0.1) is 0 Å². The van der Waals surface area contributed by atoms with Crippen molar-refractivity contribution in [2.45, 2.75) is 47.0 Å². The third-order valence-corrected chi connectivity index (χ3v) is 4.65. The highest BCUT2D eigenvalue weighted by atomic mass is 16.5. The maximum absolute atomic E-state index is 6.38. The Morgan fingerprint density at radius 3 is 2.32 bits per heavy atom. The van der Waals surface area contributed by atoms with Gasteiger partial charge in [0.25, 0.3) is 0 Å². The van der Waals surface area contributed by atoms with E-state index in [0.717, 1.165) is 6.54 Å². The van der Waals surface area contributed by atoms with Crippen molar-refractivity contribution in [3.8, 4) is 0 Å². The minimum Gasteiger partial charge on any atom is -0.367 e. The van der Waals surface area contributed by atoms with Crippen LogP contribution in [0.1, 0.15) is 39.5 Å². The number of nitrogens with zero attached hydrogens (tertiary/aromatic N) is 2. The van der Waals surface area contributed by atoms with E-state index in [2.05, 4.69) is 73.6 Å². The van der Waals surface area contributed by atoms with E-state index in [1.54, 1.807) is 0 Å². The molecule has 1 heterocycles. The van der Waals surface area contributed by atoms with Gasteiger partial charge in [0.05, 0.1) is 19.5 Å². The predicted octanol–water partition coefficient (Wildman–Crippen LogP) is 5.07. The molecule has 0 saturated heterocycles. The first kappa shape index (κ1) is 17.4. The van der Waals surface area contributed by atoms with Gasteiger partial charge in [0.2, 0.25) is 0 Å². The molecule has 0 fully saturated rings. The normalized spacial score (nSPS) is 12.3. The van der Waals surface area contributed by atoms with Crippen molar-refractivity contribution in [1.29, 1.82) is 0 Å². The van der Waals surface area contributed by atoms with Gasteiger partial charge in [0.1, 0.15) is 6.10 Å². The van der Waals surface area contributed by atoms with E-state index in [0.29, 0.717) is 6.61 Å². The zero-order chi connectivity index (χ0) is 17.8. The second kappa shape index (κ2) is 7.66. The molecule has 0 aliphatic rings. The van der Waals surface area contributed by atoms with E-state index in [-0.39, 0.29) is 6.10 Å². The van der Waals surface area contributed by atoms with E-state index in [4.69, 9.17) is 4.74 Å².